The summed E-state index contributed by atoms with van der Waals surface area (Å²) in [6.07, 6.45) is 15.1. The highest BCUT2D eigenvalue weighted by molar-refractivity contribution is 5.90. The van der Waals surface area contributed by atoms with Crippen LogP contribution < -0.4 is 28.4 Å². The standard InChI is InChI=1S/C60H68N2O14/c1-3-55(63)71-35-11-7-5-9-33-69-49-23-27-51(28-24-49)73-57(65)41-13-17-43(18-14-41)59(67)75-53-31-21-45(37-47(53)39-61)46-22-32-54(48(38-46)40-62)76-60(68)44-19-15-42(16-20-44)58(66)74-52-29-25-50(26-30-52)70-34-10-6-8-12-36-72-56(64)4-2/h3-4,21-32,37-44,61-62H,1-2,5-20,33-36H2. The molecule has 0 amide bonds. The van der Waals surface area contributed by atoms with E-state index in [1.54, 1.807) is 84.9 Å². The van der Waals surface area contributed by atoms with Crippen molar-refractivity contribution in [3.8, 4) is 45.6 Å². The lowest BCUT2D eigenvalue weighted by atomic mass is 9.82. The van der Waals surface area contributed by atoms with Crippen molar-refractivity contribution in [1.82, 2.24) is 0 Å². The topological polar surface area (TPSA) is 224 Å². The molecule has 0 aromatic heterocycles. The molecule has 2 N–H and O–H groups in total. The van der Waals surface area contributed by atoms with Crippen LogP contribution in [-0.4, -0.2) is 74.7 Å². The van der Waals surface area contributed by atoms with Gasteiger partial charge in [-0.15, -0.1) is 0 Å². The number of carbonyl (C=O) groups is 6. The van der Waals surface area contributed by atoms with Crippen LogP contribution in [0.25, 0.3) is 11.1 Å². The smallest absolute Gasteiger partial charge is 0.330 e. The highest BCUT2D eigenvalue weighted by Crippen LogP contribution is 2.36. The zero-order valence-corrected chi connectivity index (χ0v) is 43.0. The van der Waals surface area contributed by atoms with Crippen LogP contribution in [0, 0.1) is 34.5 Å². The van der Waals surface area contributed by atoms with Crippen molar-refractivity contribution >= 4 is 48.2 Å². The van der Waals surface area contributed by atoms with Gasteiger partial charge in [-0.25, -0.2) is 9.59 Å². The molecule has 76 heavy (non-hydrogen) atoms. The summed E-state index contributed by atoms with van der Waals surface area (Å²) in [5, 5.41) is 16.2. The number of nitrogens with one attached hydrogen (secondary N) is 2. The minimum absolute atomic E-state index is 0.227. The second-order valence-corrected chi connectivity index (χ2v) is 18.8. The summed E-state index contributed by atoms with van der Waals surface area (Å²) in [5.41, 5.74) is 2.12. The van der Waals surface area contributed by atoms with E-state index in [0.29, 0.717) is 123 Å². The molecule has 4 aromatic rings. The minimum Gasteiger partial charge on any atom is -0.494 e. The van der Waals surface area contributed by atoms with Gasteiger partial charge in [0.1, 0.15) is 34.5 Å². The molecule has 0 saturated heterocycles. The number of unbranched alkanes of at least 4 members (excludes halogenated alkanes) is 6. The van der Waals surface area contributed by atoms with E-state index >= 15 is 0 Å². The molecule has 0 aliphatic heterocycles. The highest BCUT2D eigenvalue weighted by Gasteiger charge is 2.34. The van der Waals surface area contributed by atoms with E-state index in [4.69, 9.17) is 48.7 Å². The minimum atomic E-state index is -0.436. The summed E-state index contributed by atoms with van der Waals surface area (Å²) >= 11 is 0. The molecule has 0 bridgehead atoms. The fourth-order valence-electron chi connectivity index (χ4n) is 8.95. The molecule has 0 radical (unpaired) electrons. The lowest BCUT2D eigenvalue weighted by Crippen LogP contribution is -2.30. The van der Waals surface area contributed by atoms with Crippen LogP contribution in [-0.2, 0) is 38.2 Å². The van der Waals surface area contributed by atoms with Crippen molar-refractivity contribution in [3.63, 3.8) is 0 Å². The van der Waals surface area contributed by atoms with E-state index < -0.39 is 35.7 Å². The molecule has 16 nitrogen and oxygen atoms in total. The lowest BCUT2D eigenvalue weighted by Gasteiger charge is -2.26. The van der Waals surface area contributed by atoms with E-state index in [1.165, 1.54) is 0 Å². The van der Waals surface area contributed by atoms with Gasteiger partial charge >= 0.3 is 35.8 Å². The predicted molar refractivity (Wildman–Crippen MR) is 284 cm³/mol. The molecule has 4 aromatic carbocycles. The maximum atomic E-state index is 13.3. The summed E-state index contributed by atoms with van der Waals surface area (Å²) < 4.78 is 44.5. The normalized spacial score (nSPS) is 16.9. The summed E-state index contributed by atoms with van der Waals surface area (Å²) in [6.45, 7) is 8.56. The Balaban J connectivity index is 0.885. The first kappa shape index (κ1) is 57.4. The molecule has 0 spiro atoms. The van der Waals surface area contributed by atoms with E-state index in [0.717, 1.165) is 75.9 Å². The number of carbonyl (C=O) groups excluding carboxylic acids is 6. The second-order valence-electron chi connectivity index (χ2n) is 18.8. The van der Waals surface area contributed by atoms with Gasteiger partial charge in [-0.3, -0.25) is 19.2 Å². The molecule has 16 heteroatoms. The average Bonchev–Trinajstić information content (AvgIpc) is 3.45. The van der Waals surface area contributed by atoms with Crippen molar-refractivity contribution < 1.29 is 66.7 Å². The van der Waals surface area contributed by atoms with Crippen molar-refractivity contribution in [3.05, 3.63) is 121 Å². The Hall–Kier alpha value is -7.88. The third-order valence-electron chi connectivity index (χ3n) is 13.4. The van der Waals surface area contributed by atoms with Gasteiger partial charge in [0.05, 0.1) is 50.1 Å². The molecule has 2 fully saturated rings. The number of ether oxygens (including phenoxy) is 8. The number of benzene rings is 4. The lowest BCUT2D eigenvalue weighted by molar-refractivity contribution is -0.145. The number of hydrogen-bond donors (Lipinski definition) is 2. The molecule has 2 aliphatic rings. The van der Waals surface area contributed by atoms with E-state index in [1.807, 2.05) is 0 Å². The monoisotopic (exact) mass is 1040 g/mol. The van der Waals surface area contributed by atoms with Crippen LogP contribution in [0.15, 0.2) is 110 Å². The highest BCUT2D eigenvalue weighted by atomic mass is 16.6. The zero-order chi connectivity index (χ0) is 54.1. The van der Waals surface area contributed by atoms with Gasteiger partial charge in [0.25, 0.3) is 0 Å². The Labute approximate surface area is 444 Å². The van der Waals surface area contributed by atoms with Gasteiger partial charge in [0, 0.05) is 35.7 Å². The maximum absolute atomic E-state index is 13.3. The second kappa shape index (κ2) is 30.5. The summed E-state index contributed by atoms with van der Waals surface area (Å²) in [6, 6.07) is 23.9. The average molecular weight is 1040 g/mol. The molecule has 0 atom stereocenters. The van der Waals surface area contributed by atoms with Crippen molar-refractivity contribution in [1.29, 1.82) is 10.8 Å². The van der Waals surface area contributed by atoms with Crippen LogP contribution in [0.2, 0.25) is 0 Å². The van der Waals surface area contributed by atoms with Gasteiger partial charge in [-0.05, 0) is 187 Å². The van der Waals surface area contributed by atoms with Crippen LogP contribution in [0.4, 0.5) is 0 Å². The van der Waals surface area contributed by atoms with Crippen molar-refractivity contribution in [2.24, 2.45) is 23.7 Å². The SMILES string of the molecule is C=CC(=O)OCCCCCCOc1ccc(OC(=O)C2CCC(C(=O)Oc3ccc(-c4ccc(OC(=O)C5CCC(C(=O)Oc6ccc(OCCCCCCOC(=O)C=C)cc6)CC5)c(C=N)c4)cc3C=N)CC2)cc1. The molecule has 6 rings (SSSR count). The Morgan fingerprint density at radius 2 is 0.711 bits per heavy atom. The fourth-order valence-corrected chi connectivity index (χ4v) is 8.95. The zero-order valence-electron chi connectivity index (χ0n) is 43.0. The Morgan fingerprint density at radius 3 is 1.03 bits per heavy atom. The number of hydrogen-bond acceptors (Lipinski definition) is 16. The Morgan fingerprint density at radius 1 is 0.408 bits per heavy atom. The van der Waals surface area contributed by atoms with Crippen LogP contribution >= 0.6 is 0 Å². The summed E-state index contributed by atoms with van der Waals surface area (Å²) in [5.74, 6) is -1.39. The molecular weight excluding hydrogens is 973 g/mol. The Kier molecular flexibility index (Phi) is 23.0. The van der Waals surface area contributed by atoms with Crippen LogP contribution in [0.1, 0.15) is 114 Å². The first-order chi connectivity index (χ1) is 37.0. The predicted octanol–water partition coefficient (Wildman–Crippen LogP) is 11.3. The molecule has 402 valence electrons. The molecule has 0 heterocycles. The van der Waals surface area contributed by atoms with Crippen LogP contribution in [0.3, 0.4) is 0 Å². The largest absolute Gasteiger partial charge is 0.494 e. The molecule has 2 aliphatic carbocycles. The van der Waals surface area contributed by atoms with Crippen molar-refractivity contribution in [2.45, 2.75) is 103 Å². The maximum Gasteiger partial charge on any atom is 0.330 e. The van der Waals surface area contributed by atoms with E-state index in [-0.39, 0.29) is 35.3 Å². The quantitative estimate of drug-likeness (QED) is 0.0170. The first-order valence-corrected chi connectivity index (χ1v) is 26.2. The third-order valence-corrected chi connectivity index (χ3v) is 13.4. The molecule has 0 unspecified atom stereocenters. The third kappa shape index (κ3) is 18.2. The number of rotatable bonds is 29. The molecule has 2 saturated carbocycles. The van der Waals surface area contributed by atoms with Crippen molar-refractivity contribution in [2.75, 3.05) is 26.4 Å². The van der Waals surface area contributed by atoms with Gasteiger partial charge in [0.15, 0.2) is 0 Å². The van der Waals surface area contributed by atoms with Gasteiger partial charge in [-0.1, -0.05) is 25.3 Å². The van der Waals surface area contributed by atoms with E-state index in [2.05, 4.69) is 13.2 Å². The van der Waals surface area contributed by atoms with Gasteiger partial charge in [-0.2, -0.15) is 0 Å². The van der Waals surface area contributed by atoms with Gasteiger partial charge < -0.3 is 48.7 Å². The fraction of sp³-hybridized carbons (Fsp3) is 0.400. The summed E-state index contributed by atoms with van der Waals surface area (Å²) in [7, 11) is 0. The number of esters is 6. The first-order valence-electron chi connectivity index (χ1n) is 26.2. The van der Waals surface area contributed by atoms with E-state index in [9.17, 15) is 28.8 Å². The molecular formula is C60H68N2O14. The summed E-state index contributed by atoms with van der Waals surface area (Å²) in [4.78, 5) is 75.0. The Bertz CT molecular complexity index is 2450. The van der Waals surface area contributed by atoms with Crippen LogP contribution in [0.5, 0.6) is 34.5 Å². The van der Waals surface area contributed by atoms with Gasteiger partial charge in [0.2, 0.25) is 0 Å².